The maximum Gasteiger partial charge on any atom is 0.233 e. The fourth-order valence-electron chi connectivity index (χ4n) is 3.71. The van der Waals surface area contributed by atoms with Crippen LogP contribution in [-0.4, -0.2) is 27.5 Å². The summed E-state index contributed by atoms with van der Waals surface area (Å²) >= 11 is 5.66. The zero-order valence-electron chi connectivity index (χ0n) is 12.8. The van der Waals surface area contributed by atoms with Gasteiger partial charge in [-0.05, 0) is 44.2 Å². The molecule has 3 rings (SSSR count). The molecule has 2 saturated carbocycles. The number of rotatable bonds is 3. The zero-order chi connectivity index (χ0) is 14.7. The molecule has 1 heterocycles. The maximum atomic E-state index is 6.11. The maximum absolute atomic E-state index is 6.11. The first-order valence-electron chi connectivity index (χ1n) is 8.28. The van der Waals surface area contributed by atoms with Gasteiger partial charge in [0, 0.05) is 12.1 Å². The molecular weight excluding hydrogens is 304 g/mol. The minimum Gasteiger partial charge on any atom is -0.216 e. The molecule has 3 aliphatic rings. The largest absolute Gasteiger partial charge is 0.233 e. The van der Waals surface area contributed by atoms with Crippen molar-refractivity contribution in [1.29, 1.82) is 0 Å². The lowest BCUT2D eigenvalue weighted by Crippen LogP contribution is -2.46. The normalized spacial score (nSPS) is 29.0. The van der Waals surface area contributed by atoms with E-state index in [9.17, 15) is 0 Å². The van der Waals surface area contributed by atoms with Crippen molar-refractivity contribution in [2.45, 2.75) is 83.2 Å². The fourth-order valence-corrected chi connectivity index (χ4v) is 5.65. The summed E-state index contributed by atoms with van der Waals surface area (Å²) in [6, 6.07) is 1.26. The second-order valence-corrected chi connectivity index (χ2v) is 7.91. The smallest absolute Gasteiger partial charge is 0.216 e. The highest BCUT2D eigenvalue weighted by Crippen LogP contribution is 2.32. The van der Waals surface area contributed by atoms with E-state index in [1.54, 1.807) is 0 Å². The molecule has 2 fully saturated rings. The van der Waals surface area contributed by atoms with Gasteiger partial charge in [-0.15, -0.1) is 0 Å². The Morgan fingerprint density at radius 3 is 1.95 bits per heavy atom. The fraction of sp³-hybridized carbons (Fsp3) is 0.867. The van der Waals surface area contributed by atoms with Crippen molar-refractivity contribution in [2.24, 2.45) is 13.8 Å². The topological polar surface area (TPSA) is 40.3 Å². The van der Waals surface area contributed by atoms with E-state index in [2.05, 4.69) is 13.7 Å². The van der Waals surface area contributed by atoms with Crippen LogP contribution in [0, 0.1) is 0 Å². The van der Waals surface area contributed by atoms with Crippen LogP contribution in [0.4, 0.5) is 0 Å². The van der Waals surface area contributed by atoms with Gasteiger partial charge in [0.2, 0.25) is 5.29 Å². The molecule has 2 aliphatic carbocycles. The van der Waals surface area contributed by atoms with Gasteiger partial charge in [-0.3, -0.25) is 0 Å². The van der Waals surface area contributed by atoms with Crippen molar-refractivity contribution in [1.82, 2.24) is 4.31 Å². The van der Waals surface area contributed by atoms with Crippen LogP contribution in [0.3, 0.4) is 0 Å². The van der Waals surface area contributed by atoms with Crippen LogP contribution >= 0.6 is 11.6 Å². The van der Waals surface area contributed by atoms with E-state index in [1.807, 2.05) is 6.92 Å². The average molecular weight is 329 g/mol. The van der Waals surface area contributed by atoms with E-state index in [1.165, 1.54) is 64.2 Å². The molecule has 0 spiro atoms. The van der Waals surface area contributed by atoms with Crippen molar-refractivity contribution < 1.29 is 0 Å². The number of nitrogens with zero attached hydrogens (tertiary/aromatic N) is 4. The van der Waals surface area contributed by atoms with Gasteiger partial charge in [0.25, 0.3) is 0 Å². The van der Waals surface area contributed by atoms with E-state index >= 15 is 0 Å². The predicted octanol–water partition coefficient (Wildman–Crippen LogP) is 4.61. The third-order valence-electron chi connectivity index (χ3n) is 4.68. The van der Waals surface area contributed by atoms with E-state index in [4.69, 9.17) is 16.0 Å². The molecule has 0 aromatic heterocycles. The second-order valence-electron chi connectivity index (χ2n) is 6.30. The minimum absolute atomic E-state index is 0.377. The molecule has 1 atom stereocenters. The Hall–Kier alpha value is -0.260. The third-order valence-corrected chi connectivity index (χ3v) is 6.69. The lowest BCUT2D eigenvalue weighted by Gasteiger charge is -2.41. The number of aliphatic imine (C=N–C) groups is 1. The Bertz CT molecular complexity index is 442. The third kappa shape index (κ3) is 3.93. The van der Waals surface area contributed by atoms with E-state index in [-0.39, 0.29) is 0 Å². The summed E-state index contributed by atoms with van der Waals surface area (Å²) in [7, 11) is 0. The molecule has 0 saturated heterocycles. The SMILES string of the molecule is CC1=NS(N(C2CCCCC2)C2CCCCC2)=NC(Cl)=N1. The van der Waals surface area contributed by atoms with Crippen LogP contribution in [0.5, 0.6) is 0 Å². The highest BCUT2D eigenvalue weighted by molar-refractivity contribution is 7.84. The summed E-state index contributed by atoms with van der Waals surface area (Å²) in [5.74, 6) is 0.773. The highest BCUT2D eigenvalue weighted by atomic mass is 35.5. The van der Waals surface area contributed by atoms with Crippen molar-refractivity contribution in [3.8, 4) is 0 Å². The van der Waals surface area contributed by atoms with Crippen LogP contribution in [0.1, 0.15) is 71.1 Å². The van der Waals surface area contributed by atoms with Crippen molar-refractivity contribution in [2.75, 3.05) is 0 Å². The van der Waals surface area contributed by atoms with Crippen molar-refractivity contribution >= 4 is 33.8 Å². The molecule has 1 unspecified atom stereocenters. The zero-order valence-corrected chi connectivity index (χ0v) is 14.4. The summed E-state index contributed by atoms with van der Waals surface area (Å²) in [6.45, 7) is 1.93. The molecule has 21 heavy (non-hydrogen) atoms. The first kappa shape index (κ1) is 15.6. The molecule has 1 aliphatic heterocycles. The minimum atomic E-state index is -0.454. The Morgan fingerprint density at radius 2 is 1.48 bits per heavy atom. The van der Waals surface area contributed by atoms with Gasteiger partial charge in [-0.1, -0.05) is 38.5 Å². The van der Waals surface area contributed by atoms with Gasteiger partial charge >= 0.3 is 0 Å². The highest BCUT2D eigenvalue weighted by Gasteiger charge is 2.32. The molecule has 118 valence electrons. The quantitative estimate of drug-likeness (QED) is 0.697. The Labute approximate surface area is 135 Å². The summed E-state index contributed by atoms with van der Waals surface area (Å²) < 4.78 is 11.9. The number of halogens is 1. The van der Waals surface area contributed by atoms with Gasteiger partial charge in [-0.25, -0.2) is 9.30 Å². The van der Waals surface area contributed by atoms with Gasteiger partial charge in [0.15, 0.2) is 0 Å². The molecule has 6 heteroatoms. The number of amidine groups is 2. The Kier molecular flexibility index (Phi) is 5.46. The number of hydrogen-bond acceptors (Lipinski definition) is 4. The average Bonchev–Trinajstić information content (AvgIpc) is 2.49. The lowest BCUT2D eigenvalue weighted by molar-refractivity contribution is 0.182. The monoisotopic (exact) mass is 328 g/mol. The van der Waals surface area contributed by atoms with Crippen LogP contribution in [0.25, 0.3) is 0 Å². The van der Waals surface area contributed by atoms with E-state index in [0.29, 0.717) is 17.4 Å². The van der Waals surface area contributed by atoms with Gasteiger partial charge in [-0.2, -0.15) is 8.76 Å². The van der Waals surface area contributed by atoms with Gasteiger partial charge in [0.1, 0.15) is 16.9 Å². The summed E-state index contributed by atoms with van der Waals surface area (Å²) in [5.41, 5.74) is 0. The van der Waals surface area contributed by atoms with E-state index in [0.717, 1.165) is 5.84 Å². The Balaban J connectivity index is 1.86. The van der Waals surface area contributed by atoms with Crippen LogP contribution in [-0.2, 0) is 11.1 Å². The van der Waals surface area contributed by atoms with Crippen LogP contribution in [0.2, 0.25) is 0 Å². The molecular formula is C15H25ClN4S. The summed E-state index contributed by atoms with van der Waals surface area (Å²) in [6.07, 6.45) is 13.3. The van der Waals surface area contributed by atoms with E-state index < -0.39 is 11.1 Å². The number of hydrogen-bond donors (Lipinski definition) is 0. The summed E-state index contributed by atoms with van der Waals surface area (Å²) in [4.78, 5) is 4.15. The second kappa shape index (κ2) is 7.34. The van der Waals surface area contributed by atoms with Crippen molar-refractivity contribution in [3.63, 3.8) is 0 Å². The first-order chi connectivity index (χ1) is 10.2. The molecule has 4 nitrogen and oxygen atoms in total. The molecule has 0 radical (unpaired) electrons. The van der Waals surface area contributed by atoms with Crippen LogP contribution < -0.4 is 0 Å². The Morgan fingerprint density at radius 1 is 0.952 bits per heavy atom. The first-order valence-corrected chi connectivity index (χ1v) is 9.75. The summed E-state index contributed by atoms with van der Waals surface area (Å²) in [5, 5.41) is 0.377. The molecule has 0 N–H and O–H groups in total. The molecule has 0 aromatic rings. The van der Waals surface area contributed by atoms with Crippen LogP contribution in [0.15, 0.2) is 13.8 Å². The molecule has 0 amide bonds. The molecule has 0 aromatic carbocycles. The lowest BCUT2D eigenvalue weighted by atomic mass is 9.91. The van der Waals surface area contributed by atoms with Gasteiger partial charge < -0.3 is 0 Å². The molecule has 0 bridgehead atoms. The van der Waals surface area contributed by atoms with Crippen molar-refractivity contribution in [3.05, 3.63) is 0 Å². The van der Waals surface area contributed by atoms with Gasteiger partial charge in [0.05, 0.1) is 0 Å². The predicted molar refractivity (Wildman–Crippen MR) is 91.8 cm³/mol. The standard InChI is InChI=1S/C15H25ClN4S/c1-12-17-15(16)19-21(18-12)20(13-8-4-2-5-9-13)14-10-6-3-7-11-14/h13-14H,2-11H2,1H3.